The van der Waals surface area contributed by atoms with Crippen molar-refractivity contribution in [3.8, 4) is 51.2 Å². The number of hydrogen-bond acceptors (Lipinski definition) is 12. The molecule has 0 saturated heterocycles. The van der Waals surface area contributed by atoms with Crippen LogP contribution in [-0.2, 0) is 61.1 Å². The molecule has 0 N–H and O–H groups in total. The van der Waals surface area contributed by atoms with Crippen LogP contribution in [0.2, 0.25) is 0 Å². The van der Waals surface area contributed by atoms with Crippen LogP contribution in [0.25, 0.3) is 51.2 Å². The number of rotatable bonds is 9. The first kappa shape index (κ1) is 115. The van der Waals surface area contributed by atoms with Crippen molar-refractivity contribution in [2.45, 2.75) is 262 Å². The van der Waals surface area contributed by atoms with Crippen LogP contribution in [0.5, 0.6) is 0 Å². The lowest BCUT2D eigenvalue weighted by atomic mass is 9.84. The van der Waals surface area contributed by atoms with Crippen LogP contribution in [0.3, 0.4) is 0 Å². The molecular formula is C118H140F9N21. The third kappa shape index (κ3) is 31.8. The Morgan fingerprint density at radius 3 is 0.953 bits per heavy atom. The molecule has 0 saturated carbocycles. The molecule has 21 nitrogen and oxygen atoms in total. The second-order valence-corrected chi connectivity index (χ2v) is 44.8. The predicted molar refractivity (Wildman–Crippen MR) is 573 cm³/mol. The number of alkyl halides is 6. The molecular weight excluding hydrogens is 1880 g/mol. The standard InChI is InChI=1S/C14H15F3N2.2C14H18N2.C13H14F3N3.C13H15FN2.2C13H16N2.2C12H14FN3/c1-13(2,3)10-6-4-5-7-11(10)19-9-8-12(18-19)14(15,16)17;1-11-6-7-13(16-9-5-8-15-16)12(10-11)14(2,3)4;1-11-9-10-16(15-11)13-8-6-5-7-12(13)14(2,3)4;1-12(2,3)9-5-4-6-10(13(14,15)16)11(9)19-17-7-8-18-19;1-13(2,3)11-9-10(14)5-6-12(11)16-8-4-7-15-16;1-13(2,3)11-6-4-7-12(10-11)15-9-5-8-14-15;1-13(2,3)11-7-4-5-8-12(11)15-10-6-9-14-15;1-12(2,3)10-5-4-9(13)8-11(10)16-14-6-7-15-16;1-12(2,3)9-5-4-6-10(13)11(9)16-14-7-8-15-16/h4-9H,1-3H3;2*5-10H,1-4H3;4-8H,1-3H3;4-9H,1-3H3;2*4-10H,1-3H3;2*4-8H,1-3H3. The summed E-state index contributed by atoms with van der Waals surface area (Å²) >= 11 is 0. The highest BCUT2D eigenvalue weighted by Gasteiger charge is 2.39. The zero-order chi connectivity index (χ0) is 109. The Morgan fingerprint density at radius 1 is 0.216 bits per heavy atom. The van der Waals surface area contributed by atoms with E-state index in [1.165, 1.54) is 102 Å². The predicted octanol–water partition coefficient (Wildman–Crippen LogP) is 29.8. The van der Waals surface area contributed by atoms with E-state index in [2.05, 4.69) is 278 Å². The van der Waals surface area contributed by atoms with Crippen LogP contribution in [0, 0.1) is 31.3 Å². The summed E-state index contributed by atoms with van der Waals surface area (Å²) in [4.78, 5) is 3.81. The quantitative estimate of drug-likeness (QED) is 0.124. The fourth-order valence-corrected chi connectivity index (χ4v) is 15.8. The van der Waals surface area contributed by atoms with Crippen LogP contribution in [0.4, 0.5) is 39.5 Å². The summed E-state index contributed by atoms with van der Waals surface area (Å²) < 4.78 is 128. The smallest absolute Gasteiger partial charge is 0.241 e. The fourth-order valence-electron chi connectivity index (χ4n) is 15.8. The van der Waals surface area contributed by atoms with Crippen molar-refractivity contribution in [2.24, 2.45) is 0 Å². The number of halogens is 9. The maximum absolute atomic E-state index is 13.8. The Kier molecular flexibility index (Phi) is 37.0. The van der Waals surface area contributed by atoms with Gasteiger partial charge in [-0.25, -0.2) is 41.3 Å². The van der Waals surface area contributed by atoms with Crippen LogP contribution >= 0.6 is 0 Å². The average molecular weight is 2020 g/mol. The van der Waals surface area contributed by atoms with E-state index in [0.29, 0.717) is 22.6 Å². The molecule has 780 valence electrons. The van der Waals surface area contributed by atoms with Crippen molar-refractivity contribution < 1.29 is 39.5 Å². The maximum Gasteiger partial charge on any atom is 0.435 e. The first-order chi connectivity index (χ1) is 69.0. The van der Waals surface area contributed by atoms with Crippen molar-refractivity contribution in [1.29, 1.82) is 0 Å². The number of para-hydroxylation sites is 5. The van der Waals surface area contributed by atoms with Gasteiger partial charge >= 0.3 is 12.4 Å². The van der Waals surface area contributed by atoms with E-state index in [1.54, 1.807) is 90.5 Å². The molecule has 0 amide bonds. The molecule has 9 aromatic heterocycles. The SMILES string of the molecule is CC(C)(C)c1cc(F)ccc1-n1cccn1.CC(C)(C)c1ccc(F)cc1-n1nccn1.CC(C)(C)c1cccc(-n2cccn2)c1.CC(C)(C)c1cccc(C(F)(F)F)c1-n1nccn1.CC(C)(C)c1cccc(F)c1-n1nccn1.CC(C)(C)c1ccccc1-n1ccc(C(F)(F)F)n1.CC(C)(C)c1ccccc1-n1cccn1.Cc1ccc(-n2cccn2)c(C(C)(C)C)c1.Cc1ccn(-c2ccccc2C(C)(C)C)n1. The highest BCUT2D eigenvalue weighted by Crippen LogP contribution is 2.41. The lowest BCUT2D eigenvalue weighted by Crippen LogP contribution is -2.21. The molecule has 30 heteroatoms. The van der Waals surface area contributed by atoms with Gasteiger partial charge in [0.1, 0.15) is 23.0 Å². The van der Waals surface area contributed by atoms with Gasteiger partial charge in [0.05, 0.1) is 88.3 Å². The molecule has 0 spiro atoms. The Bertz CT molecular complexity index is 7000. The third-order valence-corrected chi connectivity index (χ3v) is 23.3. The number of nitrogens with zero attached hydrogens (tertiary/aromatic N) is 21. The Balaban J connectivity index is 0.000000171. The van der Waals surface area contributed by atoms with E-state index in [1.807, 2.05) is 180 Å². The Hall–Kier alpha value is -15.0. The lowest BCUT2D eigenvalue weighted by Gasteiger charge is -2.24. The van der Waals surface area contributed by atoms with Gasteiger partial charge in [-0.2, -0.15) is 97.1 Å². The number of aryl methyl sites for hydroxylation is 2. The van der Waals surface area contributed by atoms with E-state index in [9.17, 15) is 39.5 Å². The zero-order valence-electron chi connectivity index (χ0n) is 90.4. The number of benzene rings is 9. The largest absolute Gasteiger partial charge is 0.435 e. The molecule has 9 aromatic carbocycles. The minimum atomic E-state index is -4.44. The van der Waals surface area contributed by atoms with Gasteiger partial charge in [0, 0.05) is 68.0 Å². The van der Waals surface area contributed by atoms with Gasteiger partial charge in [-0.05, 0) is 222 Å². The number of aromatic nitrogens is 21. The average Bonchev–Trinajstić information content (AvgIpc) is 1.29. The molecule has 0 unspecified atom stereocenters. The first-order valence-electron chi connectivity index (χ1n) is 48.9. The molecule has 148 heavy (non-hydrogen) atoms. The van der Waals surface area contributed by atoms with E-state index in [0.717, 1.165) is 61.9 Å². The van der Waals surface area contributed by atoms with Crippen LogP contribution in [0.15, 0.2) is 324 Å². The van der Waals surface area contributed by atoms with Gasteiger partial charge in [-0.1, -0.05) is 302 Å². The number of hydrogen-bond donors (Lipinski definition) is 0. The first-order valence-corrected chi connectivity index (χ1v) is 48.9. The minimum absolute atomic E-state index is 0.00694. The van der Waals surface area contributed by atoms with Gasteiger partial charge in [0.15, 0.2) is 11.5 Å². The summed E-state index contributed by atoms with van der Waals surface area (Å²) in [6.45, 7) is 61.0. The second kappa shape index (κ2) is 47.7. The molecule has 0 aliphatic carbocycles. The second-order valence-electron chi connectivity index (χ2n) is 44.8. The molecule has 0 bridgehead atoms. The third-order valence-electron chi connectivity index (χ3n) is 23.3. The highest BCUT2D eigenvalue weighted by atomic mass is 19.4. The van der Waals surface area contributed by atoms with Gasteiger partial charge < -0.3 is 0 Å². The summed E-state index contributed by atoms with van der Waals surface area (Å²) in [7, 11) is 0. The lowest BCUT2D eigenvalue weighted by molar-refractivity contribution is -0.141. The highest BCUT2D eigenvalue weighted by molar-refractivity contribution is 5.54. The molecule has 9 heterocycles. The fraction of sp³-hybridized carbons (Fsp3) is 0.339. The molecule has 18 rings (SSSR count). The topological polar surface area (TPSA) is 199 Å². The van der Waals surface area contributed by atoms with Gasteiger partial charge in [-0.3, -0.25) is 0 Å². The molecule has 0 atom stereocenters. The summed E-state index contributed by atoms with van der Waals surface area (Å²) in [6, 6.07) is 68.6. The van der Waals surface area contributed by atoms with Crippen molar-refractivity contribution in [3.63, 3.8) is 0 Å². The summed E-state index contributed by atoms with van der Waals surface area (Å²) in [5.41, 5.74) is 17.4. The maximum atomic E-state index is 13.8. The van der Waals surface area contributed by atoms with Crippen LogP contribution in [0.1, 0.15) is 260 Å². The van der Waals surface area contributed by atoms with Crippen molar-refractivity contribution in [1.82, 2.24) is 104 Å². The van der Waals surface area contributed by atoms with Gasteiger partial charge in [0.2, 0.25) is 0 Å². The van der Waals surface area contributed by atoms with Crippen molar-refractivity contribution >= 4 is 0 Å². The summed E-state index contributed by atoms with van der Waals surface area (Å²) in [5.74, 6) is -0.787. The van der Waals surface area contributed by atoms with E-state index >= 15 is 0 Å². The minimum Gasteiger partial charge on any atom is -0.241 e. The molecule has 0 fully saturated rings. The zero-order valence-corrected chi connectivity index (χ0v) is 90.4. The molecule has 0 aliphatic rings. The normalized spacial score (nSPS) is 12.0. The van der Waals surface area contributed by atoms with Gasteiger partial charge in [0.25, 0.3) is 0 Å². The van der Waals surface area contributed by atoms with E-state index in [-0.39, 0.29) is 66.5 Å². The van der Waals surface area contributed by atoms with Gasteiger partial charge in [-0.15, -0.1) is 4.80 Å². The van der Waals surface area contributed by atoms with E-state index < -0.39 is 29.0 Å². The Labute approximate surface area is 865 Å². The molecule has 0 radical (unpaired) electrons. The van der Waals surface area contributed by atoms with Crippen LogP contribution < -0.4 is 0 Å². The van der Waals surface area contributed by atoms with Crippen LogP contribution in [-0.4, -0.2) is 104 Å². The summed E-state index contributed by atoms with van der Waals surface area (Å²) in [6.07, 6.45) is 18.4. The monoisotopic (exact) mass is 2020 g/mol. The van der Waals surface area contributed by atoms with E-state index in [4.69, 9.17) is 0 Å². The molecule has 0 aliphatic heterocycles. The Morgan fingerprint density at radius 2 is 0.554 bits per heavy atom. The van der Waals surface area contributed by atoms with Crippen molar-refractivity contribution in [2.75, 3.05) is 0 Å². The van der Waals surface area contributed by atoms with Crippen molar-refractivity contribution in [3.05, 3.63) is 414 Å². The molecule has 18 aromatic rings. The summed E-state index contributed by atoms with van der Waals surface area (Å²) in [5, 5.41) is 48.8.